The number of rotatable bonds is 11. The van der Waals surface area contributed by atoms with Crippen LogP contribution in [0.2, 0.25) is 0 Å². The number of hydrogen-bond donors (Lipinski definition) is 0. The van der Waals surface area contributed by atoms with E-state index in [0.29, 0.717) is 13.1 Å². The Morgan fingerprint density at radius 3 is 2.39 bits per heavy atom. The fraction of sp³-hybridized carbons (Fsp3) is 0.933. The molecule has 1 saturated heterocycles. The molecular formula is C15H29N3O5. The minimum Gasteiger partial charge on any atom is -0.338 e. The summed E-state index contributed by atoms with van der Waals surface area (Å²) in [6, 6.07) is 0. The maximum absolute atomic E-state index is 11.8. The van der Waals surface area contributed by atoms with Gasteiger partial charge in [-0.05, 0) is 18.9 Å². The molecule has 0 aromatic heterocycles. The molecule has 0 aliphatic carbocycles. The average molecular weight is 331 g/mol. The highest BCUT2D eigenvalue weighted by Gasteiger charge is 2.21. The number of carbonyl (C=O) groups is 1. The summed E-state index contributed by atoms with van der Waals surface area (Å²) in [5.74, 6) is 0.514. The monoisotopic (exact) mass is 331 g/mol. The third-order valence-corrected chi connectivity index (χ3v) is 4.03. The van der Waals surface area contributed by atoms with Crippen molar-refractivity contribution in [2.45, 2.75) is 46.0 Å². The summed E-state index contributed by atoms with van der Waals surface area (Å²) in [7, 11) is 0. The molecule has 134 valence electrons. The van der Waals surface area contributed by atoms with E-state index in [0.717, 1.165) is 25.6 Å². The van der Waals surface area contributed by atoms with Gasteiger partial charge in [0.05, 0.1) is 0 Å². The van der Waals surface area contributed by atoms with Crippen molar-refractivity contribution in [2.24, 2.45) is 5.92 Å². The van der Waals surface area contributed by atoms with Gasteiger partial charge in [0, 0.05) is 26.2 Å². The Morgan fingerprint density at radius 1 is 1.13 bits per heavy atom. The summed E-state index contributed by atoms with van der Waals surface area (Å²) in [6.45, 7) is 8.12. The Labute approximate surface area is 137 Å². The normalized spacial score (nSPS) is 15.9. The first-order valence-electron chi connectivity index (χ1n) is 8.43. The predicted octanol–water partition coefficient (Wildman–Crippen LogP) is 1.88. The molecule has 0 radical (unpaired) electrons. The Hall–Kier alpha value is -1.41. The van der Waals surface area contributed by atoms with E-state index in [2.05, 4.69) is 28.6 Å². The van der Waals surface area contributed by atoms with E-state index in [-0.39, 0.29) is 5.91 Å². The molecule has 1 aliphatic heterocycles. The number of piperazine rings is 1. The third-order valence-electron chi connectivity index (χ3n) is 4.03. The van der Waals surface area contributed by atoms with Crippen molar-refractivity contribution in [3.8, 4) is 0 Å². The summed E-state index contributed by atoms with van der Waals surface area (Å²) in [5, 5.41) is 8.85. The van der Waals surface area contributed by atoms with Crippen molar-refractivity contribution in [3.63, 3.8) is 0 Å². The Bertz CT molecular complexity index is 357. The highest BCUT2D eigenvalue weighted by atomic mass is 17.3. The second-order valence-corrected chi connectivity index (χ2v) is 6.38. The molecular weight excluding hydrogens is 302 g/mol. The number of amides is 1. The van der Waals surface area contributed by atoms with E-state index >= 15 is 0 Å². The second-order valence-electron chi connectivity index (χ2n) is 6.38. The zero-order valence-corrected chi connectivity index (χ0v) is 14.2. The second kappa shape index (κ2) is 11.2. The third kappa shape index (κ3) is 9.35. The number of hydrogen-bond acceptors (Lipinski definition) is 6. The highest BCUT2D eigenvalue weighted by Crippen LogP contribution is 2.10. The van der Waals surface area contributed by atoms with Gasteiger partial charge in [-0.25, -0.2) is 0 Å². The van der Waals surface area contributed by atoms with Crippen molar-refractivity contribution >= 4 is 5.91 Å². The van der Waals surface area contributed by atoms with Crippen molar-refractivity contribution < 1.29 is 19.8 Å². The van der Waals surface area contributed by atoms with E-state index < -0.39 is 11.7 Å². The van der Waals surface area contributed by atoms with Gasteiger partial charge in [-0.2, -0.15) is 4.89 Å². The van der Waals surface area contributed by atoms with Crippen molar-refractivity contribution in [1.82, 2.24) is 9.80 Å². The minimum atomic E-state index is -1.08. The predicted molar refractivity (Wildman–Crippen MR) is 85.0 cm³/mol. The van der Waals surface area contributed by atoms with E-state index in [1.54, 1.807) is 4.90 Å². The first-order valence-corrected chi connectivity index (χ1v) is 8.43. The quantitative estimate of drug-likeness (QED) is 0.249. The summed E-state index contributed by atoms with van der Waals surface area (Å²) in [4.78, 5) is 33.6. The molecule has 1 rings (SSSR count). The van der Waals surface area contributed by atoms with Crippen LogP contribution >= 0.6 is 0 Å². The number of nitrogens with zero attached hydrogens (tertiary/aromatic N) is 3. The van der Waals surface area contributed by atoms with Crippen LogP contribution in [0.1, 0.15) is 46.0 Å². The summed E-state index contributed by atoms with van der Waals surface area (Å²) in [6.07, 6.45) is 6.38. The fourth-order valence-electron chi connectivity index (χ4n) is 2.67. The molecule has 0 N–H and O–H groups in total. The molecule has 0 aromatic rings. The van der Waals surface area contributed by atoms with Gasteiger partial charge in [0.15, 0.2) is 6.61 Å². The average Bonchev–Trinajstić information content (AvgIpc) is 2.50. The maximum atomic E-state index is 11.8. The van der Waals surface area contributed by atoms with Gasteiger partial charge in [0.2, 0.25) is 0 Å². The number of unbranched alkanes of at least 4 members (excludes halogenated alkanes) is 3. The van der Waals surface area contributed by atoms with Gasteiger partial charge in [0.1, 0.15) is 0 Å². The smallest absolute Gasteiger partial charge is 0.322 e. The van der Waals surface area contributed by atoms with E-state index in [1.165, 1.54) is 32.1 Å². The molecule has 1 aliphatic rings. The van der Waals surface area contributed by atoms with Crippen LogP contribution in [-0.2, 0) is 14.7 Å². The topological polar surface area (TPSA) is 85.2 Å². The molecule has 0 aromatic carbocycles. The summed E-state index contributed by atoms with van der Waals surface area (Å²) < 4.78 is 0. The molecule has 8 nitrogen and oxygen atoms in total. The van der Waals surface area contributed by atoms with Gasteiger partial charge in [0.25, 0.3) is 5.91 Å². The molecule has 1 amide bonds. The van der Waals surface area contributed by atoms with Gasteiger partial charge in [-0.1, -0.05) is 39.5 Å². The molecule has 0 atom stereocenters. The van der Waals surface area contributed by atoms with Crippen LogP contribution in [0, 0.1) is 16.0 Å². The lowest BCUT2D eigenvalue weighted by Gasteiger charge is -2.34. The van der Waals surface area contributed by atoms with Crippen LogP contribution in [0.5, 0.6) is 0 Å². The zero-order chi connectivity index (χ0) is 17.1. The molecule has 0 unspecified atom stereocenters. The van der Waals surface area contributed by atoms with E-state index in [9.17, 15) is 14.9 Å². The highest BCUT2D eigenvalue weighted by molar-refractivity contribution is 5.77. The number of carbonyl (C=O) groups excluding carboxylic acids is 1. The van der Waals surface area contributed by atoms with Crippen molar-refractivity contribution in [3.05, 3.63) is 10.1 Å². The standard InChI is InChI=1S/C15H29N3O5/c1-14(2)7-5-3-4-6-8-16-9-11-17(12-10-16)15(19)13-22-23-18(20)21/h14H,3-13H2,1-2H3. The van der Waals surface area contributed by atoms with E-state index in [4.69, 9.17) is 0 Å². The van der Waals surface area contributed by atoms with Gasteiger partial charge < -0.3 is 4.90 Å². The van der Waals surface area contributed by atoms with E-state index in [1.807, 2.05) is 0 Å². The molecule has 1 fully saturated rings. The fourth-order valence-corrected chi connectivity index (χ4v) is 2.67. The SMILES string of the molecule is CC(C)CCCCCCN1CCN(C(=O)COO[N+](=O)[O-])CC1. The van der Waals surface area contributed by atoms with Gasteiger partial charge in [-0.3, -0.25) is 9.69 Å². The molecule has 0 bridgehead atoms. The molecule has 1 heterocycles. The Kier molecular flexibility index (Phi) is 9.54. The largest absolute Gasteiger partial charge is 0.338 e. The lowest BCUT2D eigenvalue weighted by atomic mass is 10.0. The zero-order valence-electron chi connectivity index (χ0n) is 14.2. The first kappa shape index (κ1) is 19.6. The van der Waals surface area contributed by atoms with Crippen molar-refractivity contribution in [2.75, 3.05) is 39.3 Å². The Balaban J connectivity index is 2.04. The lowest BCUT2D eigenvalue weighted by Crippen LogP contribution is -2.49. The molecule has 23 heavy (non-hydrogen) atoms. The summed E-state index contributed by atoms with van der Waals surface area (Å²) in [5.41, 5.74) is 0. The van der Waals surface area contributed by atoms with Crippen LogP contribution < -0.4 is 0 Å². The first-order chi connectivity index (χ1) is 11.0. The van der Waals surface area contributed by atoms with Gasteiger partial charge in [-0.15, -0.1) is 15.1 Å². The molecule has 0 spiro atoms. The lowest BCUT2D eigenvalue weighted by molar-refractivity contribution is -0.849. The maximum Gasteiger partial charge on any atom is 0.322 e. The molecule has 0 saturated carbocycles. The van der Waals surface area contributed by atoms with Crippen molar-refractivity contribution in [1.29, 1.82) is 0 Å². The summed E-state index contributed by atoms with van der Waals surface area (Å²) >= 11 is 0. The van der Waals surface area contributed by atoms with Crippen LogP contribution in [-0.4, -0.2) is 60.1 Å². The Morgan fingerprint density at radius 2 is 1.78 bits per heavy atom. The van der Waals surface area contributed by atoms with Crippen LogP contribution in [0.15, 0.2) is 0 Å². The van der Waals surface area contributed by atoms with Gasteiger partial charge >= 0.3 is 5.09 Å². The van der Waals surface area contributed by atoms with Crippen LogP contribution in [0.4, 0.5) is 0 Å². The van der Waals surface area contributed by atoms with Crippen LogP contribution in [0.3, 0.4) is 0 Å². The minimum absolute atomic E-state index is 0.278. The molecule has 8 heteroatoms. The van der Waals surface area contributed by atoms with Crippen LogP contribution in [0.25, 0.3) is 0 Å².